The van der Waals surface area contributed by atoms with Crippen LogP contribution in [0.25, 0.3) is 0 Å². The highest BCUT2D eigenvalue weighted by molar-refractivity contribution is 6.60. The highest BCUT2D eigenvalue weighted by atomic mass is 16.7. The van der Waals surface area contributed by atoms with Crippen molar-refractivity contribution in [2.24, 2.45) is 0 Å². The lowest BCUT2D eigenvalue weighted by Gasteiger charge is -2.21. The molecule has 0 radical (unpaired) electrons. The average Bonchev–Trinajstić information content (AvgIpc) is 2.85. The molecule has 5 nitrogen and oxygen atoms in total. The summed E-state index contributed by atoms with van der Waals surface area (Å²) in [6.07, 6.45) is 1.31. The number of carbonyl (C=O) groups excluding carboxylic acids is 1. The largest absolute Gasteiger partial charge is 0.532 e. The Hall–Kier alpha value is -1.27. The van der Waals surface area contributed by atoms with Crippen LogP contribution in [0.15, 0.2) is 16.7 Å². The van der Waals surface area contributed by atoms with Crippen molar-refractivity contribution in [2.75, 3.05) is 6.61 Å². The van der Waals surface area contributed by atoms with Crippen molar-refractivity contribution in [3.63, 3.8) is 0 Å². The molecule has 1 aromatic rings. The Morgan fingerprint density at radius 3 is 2.83 bits per heavy atom. The maximum absolute atomic E-state index is 11.5. The summed E-state index contributed by atoms with van der Waals surface area (Å²) in [6, 6.07) is 1.59. The lowest BCUT2D eigenvalue weighted by atomic mass is 9.86. The van der Waals surface area contributed by atoms with E-state index in [1.165, 1.54) is 6.26 Å². The summed E-state index contributed by atoms with van der Waals surface area (Å²) in [7, 11) is -0.571. The smallest absolute Gasteiger partial charge is 0.472 e. The molecule has 98 valence electrons. The Morgan fingerprint density at radius 2 is 2.28 bits per heavy atom. The zero-order chi connectivity index (χ0) is 13.3. The molecule has 0 bridgehead atoms. The van der Waals surface area contributed by atoms with Crippen LogP contribution in [0.3, 0.4) is 0 Å². The Labute approximate surface area is 107 Å². The van der Waals surface area contributed by atoms with Crippen LogP contribution in [0.4, 0.5) is 0 Å². The van der Waals surface area contributed by atoms with Crippen LogP contribution < -0.4 is 5.66 Å². The van der Waals surface area contributed by atoms with Crippen LogP contribution in [-0.4, -0.2) is 31.4 Å². The zero-order valence-corrected chi connectivity index (χ0v) is 11.1. The zero-order valence-electron chi connectivity index (χ0n) is 11.1. The predicted octanol–water partition coefficient (Wildman–Crippen LogP) is 1.37. The quantitative estimate of drug-likeness (QED) is 0.600. The van der Waals surface area contributed by atoms with Crippen LogP contribution in [0, 0.1) is 0 Å². The van der Waals surface area contributed by atoms with Gasteiger partial charge < -0.3 is 18.5 Å². The number of carbonyl (C=O) groups is 1. The second kappa shape index (κ2) is 4.78. The van der Waals surface area contributed by atoms with Crippen LogP contribution >= 0.6 is 0 Å². The van der Waals surface area contributed by atoms with Crippen molar-refractivity contribution in [1.82, 2.24) is 0 Å². The highest BCUT2D eigenvalue weighted by Crippen LogP contribution is 2.26. The van der Waals surface area contributed by atoms with Gasteiger partial charge in [0, 0.05) is 0 Å². The molecule has 1 aliphatic heterocycles. The van der Waals surface area contributed by atoms with E-state index in [1.807, 2.05) is 20.8 Å². The van der Waals surface area contributed by atoms with E-state index in [9.17, 15) is 4.79 Å². The van der Waals surface area contributed by atoms with Gasteiger partial charge in [-0.1, -0.05) is 0 Å². The van der Waals surface area contributed by atoms with Crippen LogP contribution in [0.2, 0.25) is 0 Å². The first-order chi connectivity index (χ1) is 8.44. The lowest BCUT2D eigenvalue weighted by Crippen LogP contribution is -2.34. The molecule has 0 saturated carbocycles. The second-order valence-corrected chi connectivity index (χ2v) is 4.79. The molecule has 1 atom stereocenters. The normalized spacial score (nSPS) is 22.2. The van der Waals surface area contributed by atoms with Crippen molar-refractivity contribution in [3.05, 3.63) is 17.9 Å². The van der Waals surface area contributed by atoms with Gasteiger partial charge in [-0.15, -0.1) is 0 Å². The van der Waals surface area contributed by atoms with E-state index in [1.54, 1.807) is 13.0 Å². The Kier molecular flexibility index (Phi) is 3.50. The van der Waals surface area contributed by atoms with Gasteiger partial charge in [-0.2, -0.15) is 0 Å². The standard InChI is InChI=1S/C12H17BO5/c1-5-15-11(14)9-6-10(16-7-9)13-17-8(2)12(3,4)18-13/h6-8H,5H2,1-4H3. The van der Waals surface area contributed by atoms with Crippen LogP contribution in [-0.2, 0) is 14.0 Å². The maximum Gasteiger partial charge on any atom is 0.532 e. The van der Waals surface area contributed by atoms with Gasteiger partial charge in [0.25, 0.3) is 0 Å². The predicted molar refractivity (Wildman–Crippen MR) is 65.8 cm³/mol. The maximum atomic E-state index is 11.5. The molecular weight excluding hydrogens is 235 g/mol. The number of hydrogen-bond acceptors (Lipinski definition) is 5. The molecule has 1 saturated heterocycles. The third-order valence-electron chi connectivity index (χ3n) is 3.08. The van der Waals surface area contributed by atoms with Gasteiger partial charge in [-0.05, 0) is 33.8 Å². The lowest BCUT2D eigenvalue weighted by molar-refractivity contribution is 0.0525. The first-order valence-corrected chi connectivity index (χ1v) is 6.03. The molecule has 2 heterocycles. The van der Waals surface area contributed by atoms with Crippen molar-refractivity contribution in [2.45, 2.75) is 39.4 Å². The molecule has 0 aromatic carbocycles. The number of esters is 1. The van der Waals surface area contributed by atoms with E-state index < -0.39 is 13.1 Å². The first-order valence-electron chi connectivity index (χ1n) is 6.03. The SMILES string of the molecule is CCOC(=O)c1coc(B2OC(C)C(C)(C)O2)c1. The van der Waals surface area contributed by atoms with Crippen LogP contribution in [0.5, 0.6) is 0 Å². The number of rotatable bonds is 3. The minimum Gasteiger partial charge on any atom is -0.472 e. The van der Waals surface area contributed by atoms with Crippen molar-refractivity contribution in [1.29, 1.82) is 0 Å². The average molecular weight is 252 g/mol. The fourth-order valence-electron chi connectivity index (χ4n) is 1.67. The summed E-state index contributed by atoms with van der Waals surface area (Å²) in [5, 5.41) is 0. The highest BCUT2D eigenvalue weighted by Gasteiger charge is 2.45. The molecular formula is C12H17BO5. The van der Waals surface area contributed by atoms with E-state index in [2.05, 4.69) is 0 Å². The molecule has 0 amide bonds. The van der Waals surface area contributed by atoms with Gasteiger partial charge in [-0.25, -0.2) is 4.79 Å². The summed E-state index contributed by atoms with van der Waals surface area (Å²) in [6.45, 7) is 7.93. The molecule has 1 aromatic heterocycles. The fourth-order valence-corrected chi connectivity index (χ4v) is 1.67. The monoisotopic (exact) mass is 252 g/mol. The summed E-state index contributed by atoms with van der Waals surface area (Å²) in [5.74, 6) is -0.405. The Morgan fingerprint density at radius 1 is 1.56 bits per heavy atom. The summed E-state index contributed by atoms with van der Waals surface area (Å²) in [4.78, 5) is 11.5. The van der Waals surface area contributed by atoms with Crippen molar-refractivity contribution >= 4 is 18.7 Å². The summed E-state index contributed by atoms with van der Waals surface area (Å²) < 4.78 is 21.6. The molecule has 0 spiro atoms. The van der Waals surface area contributed by atoms with Crippen molar-refractivity contribution < 1.29 is 23.3 Å². The molecule has 1 unspecified atom stereocenters. The second-order valence-electron chi connectivity index (χ2n) is 4.79. The van der Waals surface area contributed by atoms with Gasteiger partial charge in [0.15, 0.2) is 0 Å². The Balaban J connectivity index is 2.10. The van der Waals surface area contributed by atoms with E-state index >= 15 is 0 Å². The van der Waals surface area contributed by atoms with E-state index in [0.717, 1.165) is 0 Å². The molecule has 0 aliphatic carbocycles. The molecule has 1 aliphatic rings. The summed E-state index contributed by atoms with van der Waals surface area (Å²) in [5.41, 5.74) is 0.480. The molecule has 6 heteroatoms. The van der Waals surface area contributed by atoms with Crippen LogP contribution in [0.1, 0.15) is 38.1 Å². The number of hydrogen-bond donors (Lipinski definition) is 0. The van der Waals surface area contributed by atoms with Gasteiger partial charge in [0.1, 0.15) is 11.9 Å². The Bertz CT molecular complexity index is 439. The molecule has 1 fully saturated rings. The third-order valence-corrected chi connectivity index (χ3v) is 3.08. The first kappa shape index (κ1) is 13.2. The van der Waals surface area contributed by atoms with Gasteiger partial charge >= 0.3 is 13.1 Å². The van der Waals surface area contributed by atoms with Gasteiger partial charge in [0.05, 0.1) is 23.9 Å². The minimum atomic E-state index is -0.571. The minimum absolute atomic E-state index is 0.0429. The van der Waals surface area contributed by atoms with Gasteiger partial charge in [-0.3, -0.25) is 0 Å². The van der Waals surface area contributed by atoms with E-state index in [-0.39, 0.29) is 11.7 Å². The third kappa shape index (κ3) is 2.44. The molecule has 0 N–H and O–H groups in total. The molecule has 18 heavy (non-hydrogen) atoms. The van der Waals surface area contributed by atoms with E-state index in [0.29, 0.717) is 17.8 Å². The number of ether oxygens (including phenoxy) is 1. The number of furan rings is 1. The summed E-state index contributed by atoms with van der Waals surface area (Å²) >= 11 is 0. The fraction of sp³-hybridized carbons (Fsp3) is 0.583. The van der Waals surface area contributed by atoms with E-state index in [4.69, 9.17) is 18.5 Å². The van der Waals surface area contributed by atoms with Crippen molar-refractivity contribution in [3.8, 4) is 0 Å². The topological polar surface area (TPSA) is 57.9 Å². The molecule has 2 rings (SSSR count). The van der Waals surface area contributed by atoms with Gasteiger partial charge in [0.2, 0.25) is 0 Å².